The fourth-order valence-electron chi connectivity index (χ4n) is 3.59. The number of benzene rings is 2. The molecule has 0 bridgehead atoms. The van der Waals surface area contributed by atoms with Gasteiger partial charge in [0, 0.05) is 11.8 Å². The summed E-state index contributed by atoms with van der Waals surface area (Å²) in [4.78, 5) is 18.6. The number of carbonyl (C=O) groups excluding carboxylic acids is 1. The van der Waals surface area contributed by atoms with E-state index in [-0.39, 0.29) is 35.3 Å². The number of hydrogen-bond acceptors (Lipinski definition) is 5. The van der Waals surface area contributed by atoms with Crippen molar-refractivity contribution in [2.45, 2.75) is 17.7 Å². The second-order valence-electron chi connectivity index (χ2n) is 7.12. The van der Waals surface area contributed by atoms with Gasteiger partial charge in [0.25, 0.3) is 5.91 Å². The highest BCUT2D eigenvalue weighted by atomic mass is 32.2. The van der Waals surface area contributed by atoms with Gasteiger partial charge in [0.2, 0.25) is 0 Å². The van der Waals surface area contributed by atoms with Crippen LogP contribution >= 0.6 is 11.8 Å². The SMILES string of the molecule is O=C(COc1ccccc1)N=C1S[C@H]2CS(=O)(=O)C[C@@H]2N1CCc1ccccc1. The minimum absolute atomic E-state index is 0.0719. The summed E-state index contributed by atoms with van der Waals surface area (Å²) in [6.07, 6.45) is 0.762. The second-order valence-corrected chi connectivity index (χ2v) is 10.5. The van der Waals surface area contributed by atoms with Crippen LogP contribution in [0.3, 0.4) is 0 Å². The van der Waals surface area contributed by atoms with E-state index in [0.717, 1.165) is 6.42 Å². The van der Waals surface area contributed by atoms with Crippen LogP contribution < -0.4 is 4.74 Å². The monoisotopic (exact) mass is 430 g/mol. The minimum Gasteiger partial charge on any atom is -0.484 e. The number of sulfone groups is 1. The van der Waals surface area contributed by atoms with Crippen molar-refractivity contribution in [1.29, 1.82) is 0 Å². The Morgan fingerprint density at radius 2 is 1.76 bits per heavy atom. The lowest BCUT2D eigenvalue weighted by atomic mass is 10.1. The number of fused-ring (bicyclic) bond motifs is 1. The molecule has 2 saturated heterocycles. The number of para-hydroxylation sites is 1. The van der Waals surface area contributed by atoms with Crippen LogP contribution in [0, 0.1) is 0 Å². The Kier molecular flexibility index (Phi) is 5.91. The molecule has 2 aliphatic heterocycles. The smallest absolute Gasteiger partial charge is 0.285 e. The van der Waals surface area contributed by atoms with Crippen molar-refractivity contribution < 1.29 is 17.9 Å². The molecule has 4 rings (SSSR count). The van der Waals surface area contributed by atoms with Gasteiger partial charge >= 0.3 is 0 Å². The summed E-state index contributed by atoms with van der Waals surface area (Å²) in [7, 11) is -3.05. The van der Waals surface area contributed by atoms with Gasteiger partial charge in [-0.2, -0.15) is 4.99 Å². The van der Waals surface area contributed by atoms with E-state index < -0.39 is 9.84 Å². The van der Waals surface area contributed by atoms with Gasteiger partial charge in [0.15, 0.2) is 21.6 Å². The highest BCUT2D eigenvalue weighted by Crippen LogP contribution is 2.38. The van der Waals surface area contributed by atoms with E-state index >= 15 is 0 Å². The molecule has 152 valence electrons. The lowest BCUT2D eigenvalue weighted by Crippen LogP contribution is -2.39. The van der Waals surface area contributed by atoms with Crippen molar-refractivity contribution >= 4 is 32.7 Å². The first-order valence-corrected chi connectivity index (χ1v) is 12.2. The van der Waals surface area contributed by atoms with Crippen molar-refractivity contribution in [3.63, 3.8) is 0 Å². The van der Waals surface area contributed by atoms with Gasteiger partial charge in [-0.1, -0.05) is 60.3 Å². The fourth-order valence-corrected chi connectivity index (χ4v) is 7.59. The number of thioether (sulfide) groups is 1. The first-order valence-electron chi connectivity index (χ1n) is 9.47. The summed E-state index contributed by atoms with van der Waals surface area (Å²) in [6, 6.07) is 19.0. The third-order valence-electron chi connectivity index (χ3n) is 4.98. The number of ether oxygens (including phenoxy) is 1. The van der Waals surface area contributed by atoms with Crippen molar-refractivity contribution in [2.24, 2.45) is 4.99 Å². The molecule has 0 radical (unpaired) electrons. The fraction of sp³-hybridized carbons (Fsp3) is 0.333. The van der Waals surface area contributed by atoms with Crippen LogP contribution in [0.5, 0.6) is 5.75 Å². The summed E-state index contributed by atoms with van der Waals surface area (Å²) in [5.41, 5.74) is 1.17. The molecule has 2 aromatic carbocycles. The van der Waals surface area contributed by atoms with Crippen LogP contribution in [0.4, 0.5) is 0 Å². The van der Waals surface area contributed by atoms with Gasteiger partial charge in [-0.05, 0) is 24.1 Å². The molecule has 6 nitrogen and oxygen atoms in total. The Morgan fingerprint density at radius 3 is 2.48 bits per heavy atom. The standard InChI is InChI=1S/C21H22N2O4S2/c24-20(13-27-17-9-5-2-6-10-17)22-21-23(12-11-16-7-3-1-4-8-16)18-14-29(25,26)15-19(18)28-21/h1-10,18-19H,11-15H2/t18-,19-/m0/s1. The van der Waals surface area contributed by atoms with Crippen LogP contribution in [0.25, 0.3) is 0 Å². The summed E-state index contributed by atoms with van der Waals surface area (Å²) in [5, 5.41) is 0.532. The van der Waals surface area contributed by atoms with Crippen LogP contribution in [0.15, 0.2) is 65.7 Å². The third kappa shape index (κ3) is 5.00. The van der Waals surface area contributed by atoms with Gasteiger partial charge in [0.05, 0.1) is 17.5 Å². The molecule has 2 heterocycles. The van der Waals surface area contributed by atoms with E-state index in [1.165, 1.54) is 17.3 Å². The lowest BCUT2D eigenvalue weighted by Gasteiger charge is -2.24. The normalized spacial score (nSPS) is 23.9. The molecule has 0 saturated carbocycles. The van der Waals surface area contributed by atoms with Gasteiger partial charge in [0.1, 0.15) is 5.75 Å². The van der Waals surface area contributed by atoms with Crippen molar-refractivity contribution in [3.05, 3.63) is 66.2 Å². The van der Waals surface area contributed by atoms with Crippen LogP contribution in [0.1, 0.15) is 5.56 Å². The molecule has 2 fully saturated rings. The molecule has 2 aromatic rings. The molecular formula is C21H22N2O4S2. The molecule has 0 aromatic heterocycles. The van der Waals surface area contributed by atoms with E-state index in [2.05, 4.69) is 4.99 Å². The Balaban J connectivity index is 1.46. The summed E-state index contributed by atoms with van der Waals surface area (Å²) in [6.45, 7) is 0.480. The zero-order chi connectivity index (χ0) is 20.3. The molecule has 1 amide bonds. The van der Waals surface area contributed by atoms with Crippen molar-refractivity contribution in [2.75, 3.05) is 24.7 Å². The van der Waals surface area contributed by atoms with Crippen LogP contribution in [-0.2, 0) is 21.1 Å². The first-order chi connectivity index (χ1) is 14.0. The number of rotatable bonds is 6. The Labute approximate surface area is 174 Å². The predicted molar refractivity (Wildman–Crippen MR) is 115 cm³/mol. The first kappa shape index (κ1) is 20.0. The Hall–Kier alpha value is -2.32. The predicted octanol–water partition coefficient (Wildman–Crippen LogP) is 2.41. The summed E-state index contributed by atoms with van der Waals surface area (Å²) in [5.74, 6) is 0.498. The molecule has 0 spiro atoms. The molecule has 29 heavy (non-hydrogen) atoms. The van der Waals surface area contributed by atoms with Gasteiger partial charge in [-0.15, -0.1) is 0 Å². The zero-order valence-electron chi connectivity index (χ0n) is 15.8. The molecular weight excluding hydrogens is 408 g/mol. The van der Waals surface area contributed by atoms with E-state index in [9.17, 15) is 13.2 Å². The van der Waals surface area contributed by atoms with Crippen LogP contribution in [-0.4, -0.2) is 60.3 Å². The number of hydrogen-bond donors (Lipinski definition) is 0. The van der Waals surface area contributed by atoms with Gasteiger partial charge in [-0.3, -0.25) is 4.79 Å². The molecule has 0 N–H and O–H groups in total. The number of carbonyl (C=O) groups is 1. The highest BCUT2D eigenvalue weighted by Gasteiger charge is 2.48. The minimum atomic E-state index is -3.05. The number of nitrogens with zero attached hydrogens (tertiary/aromatic N) is 2. The largest absolute Gasteiger partial charge is 0.484 e. The summed E-state index contributed by atoms with van der Waals surface area (Å²) < 4.78 is 29.7. The topological polar surface area (TPSA) is 76.0 Å². The van der Waals surface area contributed by atoms with E-state index in [4.69, 9.17) is 4.74 Å². The van der Waals surface area contributed by atoms with Crippen LogP contribution in [0.2, 0.25) is 0 Å². The van der Waals surface area contributed by atoms with E-state index in [1.807, 2.05) is 53.4 Å². The third-order valence-corrected chi connectivity index (χ3v) is 8.23. The van der Waals surface area contributed by atoms with E-state index in [0.29, 0.717) is 17.5 Å². The van der Waals surface area contributed by atoms with Crippen molar-refractivity contribution in [3.8, 4) is 5.75 Å². The molecule has 0 unspecified atom stereocenters. The maximum atomic E-state index is 12.4. The average Bonchev–Trinajstić information content (AvgIpc) is 3.17. The number of amidine groups is 1. The second kappa shape index (κ2) is 8.59. The molecule has 2 atom stereocenters. The van der Waals surface area contributed by atoms with Gasteiger partial charge in [-0.25, -0.2) is 8.42 Å². The maximum Gasteiger partial charge on any atom is 0.285 e. The molecule has 2 aliphatic rings. The number of amides is 1. The molecule has 8 heteroatoms. The maximum absolute atomic E-state index is 12.4. The Morgan fingerprint density at radius 1 is 1.07 bits per heavy atom. The molecule has 0 aliphatic carbocycles. The average molecular weight is 431 g/mol. The van der Waals surface area contributed by atoms with Gasteiger partial charge < -0.3 is 9.64 Å². The Bertz CT molecular complexity index is 994. The van der Waals surface area contributed by atoms with Crippen molar-refractivity contribution in [1.82, 2.24) is 4.90 Å². The van der Waals surface area contributed by atoms with E-state index in [1.54, 1.807) is 12.1 Å². The summed E-state index contributed by atoms with van der Waals surface area (Å²) >= 11 is 1.40. The quantitative estimate of drug-likeness (QED) is 0.701. The number of aliphatic imine (C=N–C) groups is 1. The highest BCUT2D eigenvalue weighted by molar-refractivity contribution is 8.15. The lowest BCUT2D eigenvalue weighted by molar-refractivity contribution is -0.119. The zero-order valence-corrected chi connectivity index (χ0v) is 17.4.